The highest BCUT2D eigenvalue weighted by molar-refractivity contribution is 6.09. The van der Waals surface area contributed by atoms with Gasteiger partial charge >= 0.3 is 5.97 Å². The summed E-state index contributed by atoms with van der Waals surface area (Å²) < 4.78 is 10.2. The predicted octanol–water partition coefficient (Wildman–Crippen LogP) is 7.38. The van der Waals surface area contributed by atoms with Gasteiger partial charge in [0.1, 0.15) is 0 Å². The van der Waals surface area contributed by atoms with Crippen LogP contribution in [0.15, 0.2) is 85.2 Å². The molecule has 0 unspecified atom stereocenters. The topological polar surface area (TPSA) is 34.1 Å². The maximum atomic E-state index is 13.0. The molecule has 0 radical (unpaired) electrons. The molecule has 4 nitrogen and oxygen atoms in total. The molecule has 4 heteroatoms. The molecule has 0 fully saturated rings. The van der Waals surface area contributed by atoms with Gasteiger partial charge < -0.3 is 4.74 Å². The first-order valence-corrected chi connectivity index (χ1v) is 14.5. The van der Waals surface area contributed by atoms with Crippen LogP contribution >= 0.6 is 0 Å². The maximum absolute atomic E-state index is 13.0. The Balaban J connectivity index is 1.51. The normalized spacial score (nSPS) is 16.8. The number of benzene rings is 3. The lowest BCUT2D eigenvalue weighted by atomic mass is 9.85. The van der Waals surface area contributed by atoms with Crippen molar-refractivity contribution in [3.63, 3.8) is 0 Å². The molecule has 2 aliphatic rings. The van der Waals surface area contributed by atoms with Crippen LogP contribution < -0.4 is 9.13 Å². The number of hydrogen-bond donors (Lipinski definition) is 0. The van der Waals surface area contributed by atoms with Crippen LogP contribution in [0.5, 0.6) is 0 Å². The molecule has 0 atom stereocenters. The molecule has 204 valence electrons. The van der Waals surface area contributed by atoms with Gasteiger partial charge in [0.25, 0.3) is 17.1 Å². The van der Waals surface area contributed by atoms with Crippen LogP contribution in [0.1, 0.15) is 68.7 Å². The molecule has 4 heterocycles. The minimum Gasteiger partial charge on any atom is -0.446 e. The smallest absolute Gasteiger partial charge is 0.404 e. The summed E-state index contributed by atoms with van der Waals surface area (Å²) >= 11 is 0. The van der Waals surface area contributed by atoms with E-state index in [1.807, 2.05) is 6.07 Å². The highest BCUT2D eigenvalue weighted by atomic mass is 16.5. The van der Waals surface area contributed by atoms with Crippen LogP contribution in [-0.4, -0.2) is 12.6 Å². The standard InChI is InChI=1S/C37H36N2O2/c1-36(2,3)26-15-16-38-33(19-26)35(40)41-22-34(38)32-18-25-17-24-12-11-23-9-7-8-10-28(23)29(24)20-30(25)31-14-13-27(21-39(31)32)37(4,5)6/h7-17,19-21H,18,22H2,1-6H3/q+2/b34-32+. The highest BCUT2D eigenvalue weighted by Crippen LogP contribution is 2.37. The third-order valence-electron chi connectivity index (χ3n) is 8.70. The summed E-state index contributed by atoms with van der Waals surface area (Å²) in [7, 11) is 0. The van der Waals surface area contributed by atoms with Crippen LogP contribution in [-0.2, 0) is 22.0 Å². The van der Waals surface area contributed by atoms with Gasteiger partial charge in [-0.2, -0.15) is 4.57 Å². The van der Waals surface area contributed by atoms with E-state index in [4.69, 9.17) is 4.74 Å². The molecular formula is C37H36N2O2+2. The van der Waals surface area contributed by atoms with E-state index < -0.39 is 0 Å². The molecule has 0 saturated heterocycles. The van der Waals surface area contributed by atoms with Crippen LogP contribution in [0.25, 0.3) is 44.2 Å². The van der Waals surface area contributed by atoms with E-state index in [2.05, 4.69) is 130 Å². The molecule has 41 heavy (non-hydrogen) atoms. The van der Waals surface area contributed by atoms with Gasteiger partial charge in [0, 0.05) is 23.8 Å². The van der Waals surface area contributed by atoms with E-state index in [0.717, 1.165) is 29.1 Å². The number of cyclic esters (lactones) is 1. The Morgan fingerprint density at radius 2 is 1.44 bits per heavy atom. The zero-order valence-corrected chi connectivity index (χ0v) is 24.7. The molecule has 0 aliphatic carbocycles. The number of nitrogens with zero attached hydrogens (tertiary/aromatic N) is 2. The van der Waals surface area contributed by atoms with Gasteiger partial charge in [-0.3, -0.25) is 0 Å². The predicted molar refractivity (Wildman–Crippen MR) is 165 cm³/mol. The molecule has 0 saturated carbocycles. The van der Waals surface area contributed by atoms with Crippen LogP contribution in [0.2, 0.25) is 0 Å². The van der Waals surface area contributed by atoms with Crippen molar-refractivity contribution in [1.82, 2.24) is 0 Å². The highest BCUT2D eigenvalue weighted by Gasteiger charge is 2.41. The third-order valence-corrected chi connectivity index (χ3v) is 8.70. The van der Waals surface area contributed by atoms with Crippen molar-refractivity contribution in [1.29, 1.82) is 0 Å². The SMILES string of the molecule is CC(C)(C)c1cc[n+]2c(c1)C(=O)OC/C2=C1/Cc2cc3ccc4ccccc4c3cc2-c2ccc(C(C)(C)C)c[n+]21. The largest absolute Gasteiger partial charge is 0.446 e. The number of rotatable bonds is 0. The minimum atomic E-state index is -0.275. The second-order valence-electron chi connectivity index (χ2n) is 13.5. The van der Waals surface area contributed by atoms with Gasteiger partial charge in [0.05, 0.1) is 12.0 Å². The van der Waals surface area contributed by atoms with Crippen molar-refractivity contribution in [3.8, 4) is 11.3 Å². The zero-order valence-electron chi connectivity index (χ0n) is 24.7. The summed E-state index contributed by atoms with van der Waals surface area (Å²) in [5.41, 5.74) is 8.70. The number of pyridine rings is 2. The van der Waals surface area contributed by atoms with E-state index in [-0.39, 0.29) is 23.4 Å². The third kappa shape index (κ3) is 4.16. The second-order valence-corrected chi connectivity index (χ2v) is 13.5. The molecule has 2 aliphatic heterocycles. The van der Waals surface area contributed by atoms with Crippen molar-refractivity contribution in [2.75, 3.05) is 6.61 Å². The Kier molecular flexibility index (Phi) is 5.53. The molecule has 2 aromatic heterocycles. The van der Waals surface area contributed by atoms with Crippen molar-refractivity contribution in [2.45, 2.75) is 58.8 Å². The lowest BCUT2D eigenvalue weighted by Gasteiger charge is -2.23. The number of carbonyl (C=O) groups is 1. The summed E-state index contributed by atoms with van der Waals surface area (Å²) in [4.78, 5) is 13.0. The molecule has 3 aromatic carbocycles. The lowest BCUT2D eigenvalue weighted by Crippen LogP contribution is -2.51. The summed E-state index contributed by atoms with van der Waals surface area (Å²) in [6.45, 7) is 13.5. The molecule has 0 amide bonds. The van der Waals surface area contributed by atoms with Gasteiger partial charge in [-0.25, -0.2) is 4.79 Å². The number of fused-ring (bicyclic) bond motifs is 7. The van der Waals surface area contributed by atoms with Gasteiger partial charge in [0.2, 0.25) is 5.69 Å². The van der Waals surface area contributed by atoms with Gasteiger partial charge in [-0.15, -0.1) is 4.57 Å². The number of aromatic nitrogens is 2. The number of hydrogen-bond acceptors (Lipinski definition) is 2. The van der Waals surface area contributed by atoms with Crippen molar-refractivity contribution in [2.24, 2.45) is 0 Å². The van der Waals surface area contributed by atoms with Crippen LogP contribution in [0, 0.1) is 0 Å². The molecule has 5 aromatic rings. The Morgan fingerprint density at radius 3 is 2.22 bits per heavy atom. The molecule has 0 spiro atoms. The summed E-state index contributed by atoms with van der Waals surface area (Å²) in [5, 5.41) is 5.03. The monoisotopic (exact) mass is 540 g/mol. The van der Waals surface area contributed by atoms with Gasteiger partial charge in [0.15, 0.2) is 19.0 Å². The summed E-state index contributed by atoms with van der Waals surface area (Å²) in [6, 6.07) is 26.4. The Labute approximate surface area is 241 Å². The van der Waals surface area contributed by atoms with Crippen LogP contribution in [0.3, 0.4) is 0 Å². The van der Waals surface area contributed by atoms with Crippen molar-refractivity contribution >= 4 is 38.9 Å². The van der Waals surface area contributed by atoms with E-state index >= 15 is 0 Å². The number of carbonyl (C=O) groups excluding carboxylic acids is 1. The fourth-order valence-corrected chi connectivity index (χ4v) is 6.24. The first-order valence-electron chi connectivity index (χ1n) is 14.5. The number of ether oxygens (including phenoxy) is 1. The second kappa shape index (κ2) is 8.84. The minimum absolute atomic E-state index is 0.0106. The zero-order chi connectivity index (χ0) is 28.7. The van der Waals surface area contributed by atoms with Gasteiger partial charge in [-0.1, -0.05) is 77.9 Å². The van der Waals surface area contributed by atoms with E-state index in [1.165, 1.54) is 38.2 Å². The Hall–Kier alpha value is -4.31. The molecule has 0 N–H and O–H groups in total. The van der Waals surface area contributed by atoms with Crippen molar-refractivity contribution in [3.05, 3.63) is 108 Å². The van der Waals surface area contributed by atoms with E-state index in [1.54, 1.807) is 0 Å². The molecule has 0 bridgehead atoms. The Bertz CT molecular complexity index is 1950. The first kappa shape index (κ1) is 25.6. The summed E-state index contributed by atoms with van der Waals surface area (Å²) in [5.74, 6) is -0.275. The van der Waals surface area contributed by atoms with Crippen molar-refractivity contribution < 1.29 is 18.7 Å². The number of esters is 1. The maximum Gasteiger partial charge on any atom is 0.404 e. The fraction of sp³-hybridized carbons (Fsp3) is 0.270. The fourth-order valence-electron chi connectivity index (χ4n) is 6.24. The first-order chi connectivity index (χ1) is 19.5. The number of allylic oxidation sites excluding steroid dienone is 1. The van der Waals surface area contributed by atoms with E-state index in [9.17, 15) is 4.79 Å². The quantitative estimate of drug-likeness (QED) is 0.117. The average molecular weight is 541 g/mol. The lowest BCUT2D eigenvalue weighted by molar-refractivity contribution is -0.613. The molecular weight excluding hydrogens is 504 g/mol. The van der Waals surface area contributed by atoms with E-state index in [0.29, 0.717) is 5.69 Å². The van der Waals surface area contributed by atoms with Gasteiger partial charge in [-0.05, 0) is 61.7 Å². The molecule has 7 rings (SSSR count). The van der Waals surface area contributed by atoms with Crippen LogP contribution in [0.4, 0.5) is 0 Å². The Morgan fingerprint density at radius 1 is 0.683 bits per heavy atom. The summed E-state index contributed by atoms with van der Waals surface area (Å²) in [6.07, 6.45) is 5.08. The average Bonchev–Trinajstić information content (AvgIpc) is 2.95.